The van der Waals surface area contributed by atoms with E-state index in [-0.39, 0.29) is 4.90 Å². The number of nitrogens with one attached hydrogen (secondary N) is 1. The van der Waals surface area contributed by atoms with Gasteiger partial charge >= 0.3 is 0 Å². The van der Waals surface area contributed by atoms with Crippen molar-refractivity contribution in [2.75, 3.05) is 10.8 Å². The van der Waals surface area contributed by atoms with Gasteiger partial charge in [0.05, 0.1) is 10.6 Å². The first kappa shape index (κ1) is 18.9. The van der Waals surface area contributed by atoms with Crippen molar-refractivity contribution in [2.24, 2.45) is 5.84 Å². The quantitative estimate of drug-likeness (QED) is 0.481. The average Bonchev–Trinajstić information content (AvgIpc) is 2.53. The van der Waals surface area contributed by atoms with Gasteiger partial charge in [0.2, 0.25) is 0 Å². The van der Waals surface area contributed by atoms with Gasteiger partial charge in [-0.15, -0.1) is 0 Å². The maximum absolute atomic E-state index is 13.1. The second-order valence-corrected chi connectivity index (χ2v) is 7.64. The molecule has 25 heavy (non-hydrogen) atoms. The van der Waals surface area contributed by atoms with Crippen LogP contribution in [0.1, 0.15) is 16.7 Å². The molecule has 0 unspecified atom stereocenters. The molecule has 0 spiro atoms. The van der Waals surface area contributed by atoms with Gasteiger partial charge in [-0.05, 0) is 56.2 Å². The second-order valence-electron chi connectivity index (χ2n) is 5.78. The number of halogens is 1. The van der Waals surface area contributed by atoms with Gasteiger partial charge in [-0.3, -0.25) is 14.5 Å². The molecule has 1 amide bonds. The molecule has 0 atom stereocenters. The molecule has 2 aromatic rings. The SMILES string of the molecule is Cc1cc(C)c(N(CC(=O)NN)S(=O)(=O)c2ccc(F)cc2)c(C)c1. The predicted octanol–water partition coefficient (Wildman–Crippen LogP) is 1.94. The number of aryl methyl sites for hydroxylation is 3. The number of amides is 1. The van der Waals surface area contributed by atoms with Gasteiger partial charge in [-0.25, -0.2) is 18.7 Å². The summed E-state index contributed by atoms with van der Waals surface area (Å²) >= 11 is 0. The Morgan fingerprint density at radius 1 is 1.12 bits per heavy atom. The van der Waals surface area contributed by atoms with E-state index in [1.54, 1.807) is 13.8 Å². The zero-order chi connectivity index (χ0) is 18.8. The molecule has 0 aromatic heterocycles. The molecule has 2 aromatic carbocycles. The summed E-state index contributed by atoms with van der Waals surface area (Å²) in [5, 5.41) is 0. The third-order valence-corrected chi connectivity index (χ3v) is 5.49. The van der Waals surface area contributed by atoms with Crippen LogP contribution in [-0.4, -0.2) is 20.9 Å². The van der Waals surface area contributed by atoms with Gasteiger partial charge in [-0.1, -0.05) is 17.7 Å². The van der Waals surface area contributed by atoms with Crippen molar-refractivity contribution in [2.45, 2.75) is 25.7 Å². The van der Waals surface area contributed by atoms with Crippen LogP contribution in [0.3, 0.4) is 0 Å². The minimum absolute atomic E-state index is 0.113. The smallest absolute Gasteiger partial charge is 0.264 e. The monoisotopic (exact) mass is 365 g/mol. The number of anilines is 1. The van der Waals surface area contributed by atoms with E-state index in [1.165, 1.54) is 0 Å². The number of hydrogen-bond donors (Lipinski definition) is 2. The van der Waals surface area contributed by atoms with Crippen LogP contribution in [0.15, 0.2) is 41.3 Å². The van der Waals surface area contributed by atoms with Crippen molar-refractivity contribution in [3.63, 3.8) is 0 Å². The van der Waals surface area contributed by atoms with Crippen molar-refractivity contribution >= 4 is 21.6 Å². The van der Waals surface area contributed by atoms with Crippen molar-refractivity contribution in [1.29, 1.82) is 0 Å². The topological polar surface area (TPSA) is 92.5 Å². The molecule has 0 aliphatic rings. The van der Waals surface area contributed by atoms with Gasteiger partial charge in [0.15, 0.2) is 0 Å². The summed E-state index contributed by atoms with van der Waals surface area (Å²) in [4.78, 5) is 11.7. The molecule has 0 fully saturated rings. The van der Waals surface area contributed by atoms with E-state index in [0.717, 1.165) is 34.1 Å². The molecule has 0 saturated carbocycles. The first-order valence-electron chi connectivity index (χ1n) is 7.52. The van der Waals surface area contributed by atoms with E-state index in [0.29, 0.717) is 16.8 Å². The molecule has 0 saturated heterocycles. The van der Waals surface area contributed by atoms with Crippen molar-refractivity contribution in [1.82, 2.24) is 5.43 Å². The lowest BCUT2D eigenvalue weighted by molar-refractivity contribution is -0.119. The molecule has 2 rings (SSSR count). The average molecular weight is 365 g/mol. The minimum atomic E-state index is -4.08. The van der Waals surface area contributed by atoms with Crippen LogP contribution in [0, 0.1) is 26.6 Å². The zero-order valence-corrected chi connectivity index (χ0v) is 15.0. The summed E-state index contributed by atoms with van der Waals surface area (Å²) in [5.74, 6) is 3.92. The van der Waals surface area contributed by atoms with Crippen LogP contribution < -0.4 is 15.6 Å². The molecule has 0 aliphatic carbocycles. The molecule has 8 heteroatoms. The van der Waals surface area contributed by atoms with Crippen LogP contribution in [-0.2, 0) is 14.8 Å². The first-order valence-corrected chi connectivity index (χ1v) is 8.96. The predicted molar refractivity (Wildman–Crippen MR) is 93.9 cm³/mol. The lowest BCUT2D eigenvalue weighted by Crippen LogP contribution is -2.43. The fourth-order valence-corrected chi connectivity index (χ4v) is 4.31. The molecule has 134 valence electrons. The highest BCUT2D eigenvalue weighted by molar-refractivity contribution is 7.92. The van der Waals surface area contributed by atoms with E-state index >= 15 is 0 Å². The number of carbonyl (C=O) groups excluding carboxylic acids is 1. The van der Waals surface area contributed by atoms with Gasteiger partial charge in [0.1, 0.15) is 12.4 Å². The maximum Gasteiger partial charge on any atom is 0.264 e. The molecule has 0 heterocycles. The largest absolute Gasteiger partial charge is 0.293 e. The Morgan fingerprint density at radius 3 is 2.12 bits per heavy atom. The van der Waals surface area contributed by atoms with Crippen LogP contribution in [0.5, 0.6) is 0 Å². The molecule has 6 nitrogen and oxygen atoms in total. The van der Waals surface area contributed by atoms with Crippen molar-refractivity contribution < 1.29 is 17.6 Å². The van der Waals surface area contributed by atoms with Gasteiger partial charge in [0.25, 0.3) is 15.9 Å². The van der Waals surface area contributed by atoms with Crippen LogP contribution in [0.25, 0.3) is 0 Å². The van der Waals surface area contributed by atoms with Crippen LogP contribution in [0.2, 0.25) is 0 Å². The molecule has 0 radical (unpaired) electrons. The summed E-state index contributed by atoms with van der Waals surface area (Å²) in [6.07, 6.45) is 0. The van der Waals surface area contributed by atoms with Crippen LogP contribution >= 0.6 is 0 Å². The Morgan fingerprint density at radius 2 is 1.64 bits per heavy atom. The third-order valence-electron chi connectivity index (χ3n) is 3.73. The van der Waals surface area contributed by atoms with E-state index in [1.807, 2.05) is 24.5 Å². The van der Waals surface area contributed by atoms with E-state index < -0.39 is 28.3 Å². The highest BCUT2D eigenvalue weighted by Crippen LogP contribution is 2.31. The Hall–Kier alpha value is -2.45. The normalized spacial score (nSPS) is 11.2. The zero-order valence-electron chi connectivity index (χ0n) is 14.2. The minimum Gasteiger partial charge on any atom is -0.293 e. The number of nitrogens with zero attached hydrogens (tertiary/aromatic N) is 1. The van der Waals surface area contributed by atoms with E-state index in [4.69, 9.17) is 5.84 Å². The summed E-state index contributed by atoms with van der Waals surface area (Å²) in [6.45, 7) is 4.95. The second kappa shape index (κ2) is 7.20. The standard InChI is InChI=1S/C17H20FN3O3S/c1-11-8-12(2)17(13(3)9-11)21(10-16(22)20-19)25(23,24)15-6-4-14(18)5-7-15/h4-9H,10,19H2,1-3H3,(H,20,22). The summed E-state index contributed by atoms with van der Waals surface area (Å²) in [7, 11) is -4.08. The van der Waals surface area contributed by atoms with E-state index in [2.05, 4.69) is 0 Å². The number of rotatable bonds is 5. The highest BCUT2D eigenvalue weighted by Gasteiger charge is 2.29. The summed E-state index contributed by atoms with van der Waals surface area (Å²) in [6, 6.07) is 8.10. The third kappa shape index (κ3) is 3.97. The lowest BCUT2D eigenvalue weighted by atomic mass is 10.1. The lowest BCUT2D eigenvalue weighted by Gasteiger charge is -2.27. The Balaban J connectivity index is 2.65. The van der Waals surface area contributed by atoms with Gasteiger partial charge < -0.3 is 0 Å². The molecule has 0 bridgehead atoms. The number of nitrogens with two attached hydrogens (primary N) is 1. The van der Waals surface area contributed by atoms with Crippen LogP contribution in [0.4, 0.5) is 10.1 Å². The molecular weight excluding hydrogens is 345 g/mol. The highest BCUT2D eigenvalue weighted by atomic mass is 32.2. The van der Waals surface area contributed by atoms with Gasteiger partial charge in [-0.2, -0.15) is 0 Å². The Bertz CT molecular complexity index is 873. The summed E-state index contributed by atoms with van der Waals surface area (Å²) in [5.41, 5.74) is 4.72. The number of hydrazine groups is 1. The number of hydrogen-bond acceptors (Lipinski definition) is 4. The maximum atomic E-state index is 13.1. The van der Waals surface area contributed by atoms with E-state index in [9.17, 15) is 17.6 Å². The van der Waals surface area contributed by atoms with Gasteiger partial charge in [0, 0.05) is 0 Å². The number of sulfonamides is 1. The fourth-order valence-electron chi connectivity index (χ4n) is 2.76. The molecular formula is C17H20FN3O3S. The molecule has 3 N–H and O–H groups in total. The fraction of sp³-hybridized carbons (Fsp3) is 0.235. The Kier molecular flexibility index (Phi) is 5.44. The summed E-state index contributed by atoms with van der Waals surface area (Å²) < 4.78 is 40.3. The Labute approximate surface area is 146 Å². The van der Waals surface area contributed by atoms with Crippen molar-refractivity contribution in [3.05, 3.63) is 58.9 Å². The first-order chi connectivity index (χ1) is 11.7. The number of carbonyl (C=O) groups is 1. The molecule has 0 aliphatic heterocycles. The van der Waals surface area contributed by atoms with Crippen molar-refractivity contribution in [3.8, 4) is 0 Å². The number of benzene rings is 2.